The SMILES string of the molecule is N#Cc1ccc(Cl)cc1Oc1c(Cl)cc([N+](=O)[O-])cc1Cl. The summed E-state index contributed by atoms with van der Waals surface area (Å²) in [5, 5.41) is 20.0. The van der Waals surface area contributed by atoms with E-state index in [1.54, 1.807) is 0 Å². The molecule has 5 nitrogen and oxygen atoms in total. The van der Waals surface area contributed by atoms with Crippen LogP contribution in [0.15, 0.2) is 30.3 Å². The fourth-order valence-corrected chi connectivity index (χ4v) is 2.25. The molecule has 106 valence electrons. The fraction of sp³-hybridized carbons (Fsp3) is 0. The predicted molar refractivity (Wildman–Crippen MR) is 79.4 cm³/mol. The van der Waals surface area contributed by atoms with E-state index in [1.165, 1.54) is 18.2 Å². The number of ether oxygens (including phenoxy) is 1. The summed E-state index contributed by atoms with van der Waals surface area (Å²) in [5.74, 6) is 0.172. The van der Waals surface area contributed by atoms with Gasteiger partial charge in [-0.15, -0.1) is 0 Å². The highest BCUT2D eigenvalue weighted by Crippen LogP contribution is 2.40. The van der Waals surface area contributed by atoms with Crippen molar-refractivity contribution in [3.63, 3.8) is 0 Å². The molecule has 0 N–H and O–H groups in total. The van der Waals surface area contributed by atoms with Crippen LogP contribution >= 0.6 is 34.8 Å². The maximum atomic E-state index is 10.7. The lowest BCUT2D eigenvalue weighted by Gasteiger charge is -2.11. The van der Waals surface area contributed by atoms with Crippen LogP contribution in [0.3, 0.4) is 0 Å². The summed E-state index contributed by atoms with van der Waals surface area (Å²) in [4.78, 5) is 10.1. The van der Waals surface area contributed by atoms with Crippen LogP contribution in [0.25, 0.3) is 0 Å². The molecule has 0 spiro atoms. The van der Waals surface area contributed by atoms with E-state index in [0.717, 1.165) is 12.1 Å². The molecule has 0 fully saturated rings. The van der Waals surface area contributed by atoms with E-state index in [-0.39, 0.29) is 32.8 Å². The van der Waals surface area contributed by atoms with Crippen molar-refractivity contribution in [1.29, 1.82) is 5.26 Å². The van der Waals surface area contributed by atoms with E-state index in [9.17, 15) is 10.1 Å². The van der Waals surface area contributed by atoms with Gasteiger partial charge < -0.3 is 4.74 Å². The normalized spacial score (nSPS) is 10.0. The lowest BCUT2D eigenvalue weighted by molar-refractivity contribution is -0.384. The first-order chi connectivity index (χ1) is 9.92. The van der Waals surface area contributed by atoms with Gasteiger partial charge in [0, 0.05) is 23.2 Å². The summed E-state index contributed by atoms with van der Waals surface area (Å²) in [6, 6.07) is 8.59. The van der Waals surface area contributed by atoms with E-state index in [0.29, 0.717) is 5.02 Å². The molecule has 0 aromatic heterocycles. The van der Waals surface area contributed by atoms with Gasteiger partial charge in [-0.3, -0.25) is 10.1 Å². The van der Waals surface area contributed by atoms with Crippen molar-refractivity contribution in [3.05, 3.63) is 61.1 Å². The molecule has 0 radical (unpaired) electrons. The van der Waals surface area contributed by atoms with Gasteiger partial charge in [-0.05, 0) is 12.1 Å². The Hall–Kier alpha value is -2.00. The Morgan fingerprint density at radius 1 is 1.14 bits per heavy atom. The summed E-state index contributed by atoms with van der Waals surface area (Å²) in [6.07, 6.45) is 0. The first-order valence-electron chi connectivity index (χ1n) is 5.43. The molecule has 0 aliphatic heterocycles. The maximum Gasteiger partial charge on any atom is 0.272 e. The van der Waals surface area contributed by atoms with Gasteiger partial charge in [0.25, 0.3) is 5.69 Å². The van der Waals surface area contributed by atoms with E-state index in [4.69, 9.17) is 44.8 Å². The first-order valence-corrected chi connectivity index (χ1v) is 6.56. The van der Waals surface area contributed by atoms with Crippen molar-refractivity contribution in [2.24, 2.45) is 0 Å². The highest BCUT2D eigenvalue weighted by atomic mass is 35.5. The summed E-state index contributed by atoms with van der Waals surface area (Å²) in [7, 11) is 0. The van der Waals surface area contributed by atoms with Gasteiger partial charge in [0.15, 0.2) is 5.75 Å². The zero-order valence-corrected chi connectivity index (χ0v) is 12.4. The van der Waals surface area contributed by atoms with Gasteiger partial charge in [0.2, 0.25) is 0 Å². The lowest BCUT2D eigenvalue weighted by Crippen LogP contribution is -1.93. The Balaban J connectivity index is 2.48. The van der Waals surface area contributed by atoms with E-state index >= 15 is 0 Å². The highest BCUT2D eigenvalue weighted by molar-refractivity contribution is 6.37. The minimum Gasteiger partial charge on any atom is -0.453 e. The summed E-state index contributed by atoms with van der Waals surface area (Å²) in [5.41, 5.74) is -0.0335. The third kappa shape index (κ3) is 3.37. The second-order valence-electron chi connectivity index (χ2n) is 3.85. The van der Waals surface area contributed by atoms with Crippen molar-refractivity contribution in [1.82, 2.24) is 0 Å². The van der Waals surface area contributed by atoms with Crippen LogP contribution in [0.4, 0.5) is 5.69 Å². The molecule has 0 heterocycles. The molecule has 0 unspecified atom stereocenters. The van der Waals surface area contributed by atoms with Crippen molar-refractivity contribution in [2.75, 3.05) is 0 Å². The lowest BCUT2D eigenvalue weighted by atomic mass is 10.2. The first kappa shape index (κ1) is 15.4. The molecule has 0 saturated carbocycles. The number of nitrogens with zero attached hydrogens (tertiary/aromatic N) is 2. The zero-order chi connectivity index (χ0) is 15.6. The third-order valence-corrected chi connectivity index (χ3v) is 3.27. The van der Waals surface area contributed by atoms with Gasteiger partial charge >= 0.3 is 0 Å². The summed E-state index contributed by atoms with van der Waals surface area (Å²) < 4.78 is 5.48. The smallest absolute Gasteiger partial charge is 0.272 e. The van der Waals surface area contributed by atoms with Crippen molar-refractivity contribution in [3.8, 4) is 17.6 Å². The Kier molecular flexibility index (Phi) is 4.53. The average Bonchev–Trinajstić information content (AvgIpc) is 2.42. The van der Waals surface area contributed by atoms with Gasteiger partial charge in [-0.2, -0.15) is 5.26 Å². The zero-order valence-electron chi connectivity index (χ0n) is 10.1. The molecule has 0 saturated heterocycles. The monoisotopic (exact) mass is 342 g/mol. The molecule has 2 rings (SSSR count). The number of hydrogen-bond donors (Lipinski definition) is 0. The quantitative estimate of drug-likeness (QED) is 0.565. The highest BCUT2D eigenvalue weighted by Gasteiger charge is 2.17. The number of rotatable bonds is 3. The van der Waals surface area contributed by atoms with Gasteiger partial charge in [0.05, 0.1) is 20.5 Å². The minimum atomic E-state index is -0.623. The topological polar surface area (TPSA) is 76.2 Å². The molecule has 0 amide bonds. The Morgan fingerprint density at radius 3 is 2.29 bits per heavy atom. The number of hydrogen-bond acceptors (Lipinski definition) is 4. The number of nitro groups is 1. The molecule has 0 aliphatic rings. The Bertz CT molecular complexity index is 749. The largest absolute Gasteiger partial charge is 0.453 e. The number of nitro benzene ring substituents is 1. The van der Waals surface area contributed by atoms with Crippen LogP contribution in [0.1, 0.15) is 5.56 Å². The minimum absolute atomic E-state index is 0.0164. The Morgan fingerprint density at radius 2 is 1.76 bits per heavy atom. The van der Waals surface area contributed by atoms with E-state index < -0.39 is 4.92 Å². The van der Waals surface area contributed by atoms with Crippen molar-refractivity contribution in [2.45, 2.75) is 0 Å². The van der Waals surface area contributed by atoms with Gasteiger partial charge in [-0.25, -0.2) is 0 Å². The molecular formula is C13H5Cl3N2O3. The maximum absolute atomic E-state index is 10.7. The van der Waals surface area contributed by atoms with Crippen LogP contribution in [0.5, 0.6) is 11.5 Å². The van der Waals surface area contributed by atoms with Crippen molar-refractivity contribution < 1.29 is 9.66 Å². The van der Waals surface area contributed by atoms with Gasteiger partial charge in [-0.1, -0.05) is 34.8 Å². The van der Waals surface area contributed by atoms with E-state index in [1.807, 2.05) is 6.07 Å². The van der Waals surface area contributed by atoms with Gasteiger partial charge in [0.1, 0.15) is 11.8 Å². The fourth-order valence-electron chi connectivity index (χ4n) is 1.53. The third-order valence-electron chi connectivity index (χ3n) is 2.47. The predicted octanol–water partition coefficient (Wildman–Crippen LogP) is 5.22. The number of non-ortho nitro benzene ring substituents is 1. The Labute approximate surface area is 134 Å². The molecule has 21 heavy (non-hydrogen) atoms. The average molecular weight is 344 g/mol. The number of halogens is 3. The molecule has 0 bridgehead atoms. The van der Waals surface area contributed by atoms with Crippen LogP contribution in [-0.2, 0) is 0 Å². The van der Waals surface area contributed by atoms with Crippen LogP contribution in [0, 0.1) is 21.4 Å². The standard InChI is InChI=1S/C13H5Cl3N2O3/c14-8-2-1-7(6-17)12(3-8)21-13-10(15)4-9(18(19)20)5-11(13)16/h1-5H. The van der Waals surface area contributed by atoms with E-state index in [2.05, 4.69) is 0 Å². The second-order valence-corrected chi connectivity index (χ2v) is 5.10. The molecule has 2 aromatic carbocycles. The molecule has 2 aromatic rings. The number of nitriles is 1. The van der Waals surface area contributed by atoms with Crippen LogP contribution in [0.2, 0.25) is 15.1 Å². The summed E-state index contributed by atoms with van der Waals surface area (Å²) in [6.45, 7) is 0. The van der Waals surface area contributed by atoms with Crippen LogP contribution < -0.4 is 4.74 Å². The second kappa shape index (κ2) is 6.19. The molecule has 0 aliphatic carbocycles. The molecule has 8 heteroatoms. The van der Waals surface area contributed by atoms with Crippen LogP contribution in [-0.4, -0.2) is 4.92 Å². The number of benzene rings is 2. The van der Waals surface area contributed by atoms with Crippen molar-refractivity contribution >= 4 is 40.5 Å². The molecule has 0 atom stereocenters. The summed E-state index contributed by atoms with van der Waals surface area (Å²) >= 11 is 17.7. The molecular weight excluding hydrogens is 339 g/mol.